The van der Waals surface area contributed by atoms with Gasteiger partial charge in [-0.1, -0.05) is 12.1 Å². The van der Waals surface area contributed by atoms with Crippen LogP contribution in [0.25, 0.3) is 0 Å². The second-order valence-electron chi connectivity index (χ2n) is 5.58. The number of hydrogen-bond donors (Lipinski definition) is 1. The number of benzene rings is 1. The van der Waals surface area contributed by atoms with Crippen molar-refractivity contribution in [3.05, 3.63) is 23.8 Å². The van der Waals surface area contributed by atoms with Gasteiger partial charge in [0.15, 0.2) is 11.5 Å². The maximum atomic E-state index is 5.82. The lowest BCUT2D eigenvalue weighted by molar-refractivity contribution is 0.277. The molecule has 0 saturated heterocycles. The number of hydrogen-bond acceptors (Lipinski definition) is 3. The minimum atomic E-state index is 0.0533. The minimum Gasteiger partial charge on any atom is -0.490 e. The highest BCUT2D eigenvalue weighted by Gasteiger charge is 2.14. The summed E-state index contributed by atoms with van der Waals surface area (Å²) in [7, 11) is 0. The Labute approximate surface area is 122 Å². The normalized spacial score (nSPS) is 10.9. The fraction of sp³-hybridized carbons (Fsp3) is 0.529. The van der Waals surface area contributed by atoms with E-state index >= 15 is 0 Å². The molecule has 0 aliphatic heterocycles. The zero-order valence-electron chi connectivity index (χ0n) is 13.0. The quantitative estimate of drug-likeness (QED) is 0.611. The summed E-state index contributed by atoms with van der Waals surface area (Å²) < 4.78 is 11.5. The van der Waals surface area contributed by atoms with Crippen molar-refractivity contribution < 1.29 is 9.47 Å². The predicted octanol–water partition coefficient (Wildman–Crippen LogP) is 3.38. The zero-order valence-corrected chi connectivity index (χ0v) is 13.0. The third-order valence-corrected chi connectivity index (χ3v) is 2.66. The van der Waals surface area contributed by atoms with Gasteiger partial charge in [0.1, 0.15) is 0 Å². The summed E-state index contributed by atoms with van der Waals surface area (Å²) in [5.74, 6) is 4.15. The first-order valence-electron chi connectivity index (χ1n) is 7.04. The smallest absolute Gasteiger partial charge is 0.165 e. The molecule has 1 aromatic carbocycles. The number of terminal acetylenes is 1. The van der Waals surface area contributed by atoms with Gasteiger partial charge in [-0.2, -0.15) is 0 Å². The van der Waals surface area contributed by atoms with E-state index < -0.39 is 0 Å². The lowest BCUT2D eigenvalue weighted by Crippen LogP contribution is -2.35. The lowest BCUT2D eigenvalue weighted by atomic mass is 10.1. The van der Waals surface area contributed by atoms with Gasteiger partial charge < -0.3 is 14.8 Å². The van der Waals surface area contributed by atoms with Crippen molar-refractivity contribution in [2.45, 2.75) is 46.2 Å². The molecule has 1 aromatic rings. The van der Waals surface area contributed by atoms with Crippen LogP contribution in [0.5, 0.6) is 11.5 Å². The van der Waals surface area contributed by atoms with Crippen LogP contribution >= 0.6 is 0 Å². The number of nitrogens with one attached hydrogen (secondary N) is 1. The van der Waals surface area contributed by atoms with Crippen molar-refractivity contribution in [2.75, 3.05) is 13.2 Å². The first kappa shape index (κ1) is 16.4. The SMILES string of the molecule is C#CCCOc1c(CNC(C)(C)C)cccc1OCC. The summed E-state index contributed by atoms with van der Waals surface area (Å²) in [4.78, 5) is 0. The highest BCUT2D eigenvalue weighted by molar-refractivity contribution is 5.46. The van der Waals surface area contributed by atoms with Crippen LogP contribution in [0.1, 0.15) is 39.7 Å². The molecule has 0 aliphatic carbocycles. The van der Waals surface area contributed by atoms with E-state index in [1.165, 1.54) is 0 Å². The Morgan fingerprint density at radius 2 is 2.00 bits per heavy atom. The molecule has 110 valence electrons. The van der Waals surface area contributed by atoms with E-state index in [1.54, 1.807) is 0 Å². The molecule has 0 unspecified atom stereocenters. The molecule has 0 radical (unpaired) electrons. The van der Waals surface area contributed by atoms with Gasteiger partial charge in [0, 0.05) is 24.1 Å². The van der Waals surface area contributed by atoms with Crippen LogP contribution < -0.4 is 14.8 Å². The Morgan fingerprint density at radius 1 is 1.25 bits per heavy atom. The van der Waals surface area contributed by atoms with Crippen LogP contribution in [0, 0.1) is 12.3 Å². The van der Waals surface area contributed by atoms with Crippen LogP contribution in [0.4, 0.5) is 0 Å². The Kier molecular flexibility index (Phi) is 6.41. The Morgan fingerprint density at radius 3 is 2.60 bits per heavy atom. The Hall–Kier alpha value is -1.66. The van der Waals surface area contributed by atoms with E-state index in [0.717, 1.165) is 23.6 Å². The summed E-state index contributed by atoms with van der Waals surface area (Å²) >= 11 is 0. The molecule has 0 aliphatic rings. The minimum absolute atomic E-state index is 0.0533. The Balaban J connectivity index is 2.90. The van der Waals surface area contributed by atoms with Gasteiger partial charge in [-0.15, -0.1) is 12.3 Å². The second kappa shape index (κ2) is 7.81. The predicted molar refractivity (Wildman–Crippen MR) is 83.1 cm³/mol. The van der Waals surface area contributed by atoms with Crippen LogP contribution in [-0.4, -0.2) is 18.8 Å². The van der Waals surface area contributed by atoms with Gasteiger partial charge in [0.25, 0.3) is 0 Å². The van der Waals surface area contributed by atoms with Crippen LogP contribution in [-0.2, 0) is 6.54 Å². The van der Waals surface area contributed by atoms with Gasteiger partial charge in [-0.25, -0.2) is 0 Å². The molecule has 0 amide bonds. The fourth-order valence-corrected chi connectivity index (χ4v) is 1.71. The van der Waals surface area contributed by atoms with Crippen LogP contribution in [0.3, 0.4) is 0 Å². The topological polar surface area (TPSA) is 30.5 Å². The maximum absolute atomic E-state index is 5.82. The number of para-hydroxylation sites is 1. The summed E-state index contributed by atoms with van der Waals surface area (Å²) in [5.41, 5.74) is 1.14. The van der Waals surface area contributed by atoms with Gasteiger partial charge in [0.05, 0.1) is 13.2 Å². The highest BCUT2D eigenvalue weighted by atomic mass is 16.5. The summed E-state index contributed by atoms with van der Waals surface area (Å²) in [5, 5.41) is 3.46. The van der Waals surface area contributed by atoms with E-state index in [4.69, 9.17) is 15.9 Å². The van der Waals surface area contributed by atoms with Crippen molar-refractivity contribution in [3.63, 3.8) is 0 Å². The molecule has 1 N–H and O–H groups in total. The molecule has 3 heteroatoms. The average Bonchev–Trinajstić information content (AvgIpc) is 2.38. The molecular formula is C17H25NO2. The van der Waals surface area contributed by atoms with E-state index in [9.17, 15) is 0 Å². The molecule has 0 saturated carbocycles. The van der Waals surface area contributed by atoms with Gasteiger partial charge in [-0.3, -0.25) is 0 Å². The van der Waals surface area contributed by atoms with E-state index in [-0.39, 0.29) is 5.54 Å². The second-order valence-corrected chi connectivity index (χ2v) is 5.58. The monoisotopic (exact) mass is 275 g/mol. The van der Waals surface area contributed by atoms with Gasteiger partial charge >= 0.3 is 0 Å². The largest absolute Gasteiger partial charge is 0.490 e. The third-order valence-electron chi connectivity index (χ3n) is 2.66. The maximum Gasteiger partial charge on any atom is 0.165 e. The van der Waals surface area contributed by atoms with Crippen molar-refractivity contribution in [1.29, 1.82) is 0 Å². The Bertz CT molecular complexity index is 455. The van der Waals surface area contributed by atoms with Gasteiger partial charge in [0.2, 0.25) is 0 Å². The highest BCUT2D eigenvalue weighted by Crippen LogP contribution is 2.31. The lowest BCUT2D eigenvalue weighted by Gasteiger charge is -2.22. The summed E-state index contributed by atoms with van der Waals surface area (Å²) in [6.45, 7) is 10.2. The van der Waals surface area contributed by atoms with E-state index in [2.05, 4.69) is 32.0 Å². The molecule has 3 nitrogen and oxygen atoms in total. The van der Waals surface area contributed by atoms with Crippen molar-refractivity contribution in [2.24, 2.45) is 0 Å². The molecule has 0 fully saturated rings. The van der Waals surface area contributed by atoms with Crippen molar-refractivity contribution in [1.82, 2.24) is 5.32 Å². The molecule has 0 bridgehead atoms. The van der Waals surface area contributed by atoms with Gasteiger partial charge in [-0.05, 0) is 33.8 Å². The summed E-state index contributed by atoms with van der Waals surface area (Å²) in [6.07, 6.45) is 5.86. The number of rotatable bonds is 7. The molecule has 0 atom stereocenters. The fourth-order valence-electron chi connectivity index (χ4n) is 1.71. The first-order valence-corrected chi connectivity index (χ1v) is 7.04. The number of ether oxygens (including phenoxy) is 2. The third kappa shape index (κ3) is 5.54. The van der Waals surface area contributed by atoms with Crippen molar-refractivity contribution >= 4 is 0 Å². The molecule has 0 aromatic heterocycles. The van der Waals surface area contributed by atoms with Crippen LogP contribution in [0.15, 0.2) is 18.2 Å². The molecule has 0 spiro atoms. The average molecular weight is 275 g/mol. The van der Waals surface area contributed by atoms with E-state index in [0.29, 0.717) is 19.6 Å². The first-order chi connectivity index (χ1) is 9.48. The summed E-state index contributed by atoms with van der Waals surface area (Å²) in [6, 6.07) is 5.96. The molecular weight excluding hydrogens is 250 g/mol. The standard InChI is InChI=1S/C17H25NO2/c1-6-8-12-20-16-14(13-18-17(3,4)5)10-9-11-15(16)19-7-2/h1,9-11,18H,7-8,12-13H2,2-5H3. The molecule has 20 heavy (non-hydrogen) atoms. The molecule has 0 heterocycles. The van der Waals surface area contributed by atoms with E-state index in [1.807, 2.05) is 25.1 Å². The van der Waals surface area contributed by atoms with Crippen molar-refractivity contribution in [3.8, 4) is 23.8 Å². The molecule has 1 rings (SSSR count). The zero-order chi connectivity index (χ0) is 15.0. The van der Waals surface area contributed by atoms with Crippen LogP contribution in [0.2, 0.25) is 0 Å².